The largest absolute Gasteiger partial charge is 0.370 e. The van der Waals surface area contributed by atoms with Crippen LogP contribution in [0.3, 0.4) is 0 Å². The fourth-order valence-electron chi connectivity index (χ4n) is 1.49. The van der Waals surface area contributed by atoms with E-state index >= 15 is 0 Å². The predicted molar refractivity (Wildman–Crippen MR) is 69.0 cm³/mol. The van der Waals surface area contributed by atoms with Crippen molar-refractivity contribution in [3.63, 3.8) is 0 Å². The van der Waals surface area contributed by atoms with Crippen LogP contribution in [0, 0.1) is 12.8 Å². The molecule has 0 fully saturated rings. The molecular formula is C12H20ClN3. The quantitative estimate of drug-likeness (QED) is 0.610. The molecular weight excluding hydrogens is 222 g/mol. The second-order valence-corrected chi connectivity index (χ2v) is 4.81. The zero-order valence-electron chi connectivity index (χ0n) is 10.3. The van der Waals surface area contributed by atoms with E-state index in [4.69, 9.17) is 11.6 Å². The molecule has 1 aromatic rings. The summed E-state index contributed by atoms with van der Waals surface area (Å²) in [5.74, 6) is 1.64. The maximum atomic E-state index is 5.90. The van der Waals surface area contributed by atoms with Crippen molar-refractivity contribution >= 4 is 17.4 Å². The number of aromatic nitrogens is 2. The lowest BCUT2D eigenvalue weighted by Crippen LogP contribution is -2.06. The first-order valence-electron chi connectivity index (χ1n) is 5.82. The van der Waals surface area contributed by atoms with Crippen LogP contribution in [-0.2, 0) is 0 Å². The van der Waals surface area contributed by atoms with Crippen molar-refractivity contribution in [1.82, 2.24) is 9.97 Å². The Hall–Kier alpha value is -0.830. The molecule has 3 nitrogen and oxygen atoms in total. The number of hydrogen-bond acceptors (Lipinski definition) is 3. The van der Waals surface area contributed by atoms with Gasteiger partial charge in [0.2, 0.25) is 0 Å². The number of nitrogens with zero attached hydrogens (tertiary/aromatic N) is 2. The molecule has 0 radical (unpaired) electrons. The molecule has 0 aliphatic carbocycles. The van der Waals surface area contributed by atoms with Crippen molar-refractivity contribution in [1.29, 1.82) is 0 Å². The molecule has 1 rings (SSSR count). The summed E-state index contributed by atoms with van der Waals surface area (Å²) in [7, 11) is 0. The first-order valence-corrected chi connectivity index (χ1v) is 6.20. The molecule has 1 aromatic heterocycles. The fourth-order valence-corrected chi connectivity index (χ4v) is 1.62. The van der Waals surface area contributed by atoms with Gasteiger partial charge in [0.1, 0.15) is 17.3 Å². The third-order valence-corrected chi connectivity index (χ3v) is 2.90. The number of anilines is 1. The van der Waals surface area contributed by atoms with Crippen molar-refractivity contribution in [3.8, 4) is 0 Å². The van der Waals surface area contributed by atoms with Gasteiger partial charge in [-0.1, -0.05) is 38.3 Å². The normalized spacial score (nSPS) is 10.8. The monoisotopic (exact) mass is 241 g/mol. The molecule has 0 aromatic carbocycles. The van der Waals surface area contributed by atoms with Gasteiger partial charge in [0.25, 0.3) is 0 Å². The van der Waals surface area contributed by atoms with Gasteiger partial charge in [-0.2, -0.15) is 0 Å². The van der Waals surface area contributed by atoms with E-state index in [1.54, 1.807) is 0 Å². The summed E-state index contributed by atoms with van der Waals surface area (Å²) in [5, 5.41) is 3.82. The van der Waals surface area contributed by atoms with Gasteiger partial charge in [0.15, 0.2) is 0 Å². The van der Waals surface area contributed by atoms with Crippen LogP contribution in [0.5, 0.6) is 0 Å². The first kappa shape index (κ1) is 13.2. The average Bonchev–Trinajstić information content (AvgIpc) is 2.23. The minimum Gasteiger partial charge on any atom is -0.370 e. The number of unbranched alkanes of at least 4 members (excludes halogenated alkanes) is 1. The lowest BCUT2D eigenvalue weighted by atomic mass is 10.1. The van der Waals surface area contributed by atoms with Crippen molar-refractivity contribution in [3.05, 3.63) is 17.0 Å². The van der Waals surface area contributed by atoms with Crippen molar-refractivity contribution < 1.29 is 0 Å². The lowest BCUT2D eigenvalue weighted by molar-refractivity contribution is 0.544. The van der Waals surface area contributed by atoms with Gasteiger partial charge < -0.3 is 5.32 Å². The van der Waals surface area contributed by atoms with Crippen LogP contribution in [0.4, 0.5) is 5.82 Å². The van der Waals surface area contributed by atoms with E-state index in [0.29, 0.717) is 5.15 Å². The number of halogens is 1. The van der Waals surface area contributed by atoms with Gasteiger partial charge in [0, 0.05) is 12.1 Å². The second kappa shape index (κ2) is 6.69. The maximum Gasteiger partial charge on any atom is 0.137 e. The zero-order valence-corrected chi connectivity index (χ0v) is 11.0. The Morgan fingerprint density at radius 3 is 2.75 bits per heavy atom. The van der Waals surface area contributed by atoms with E-state index in [-0.39, 0.29) is 0 Å². The standard InChI is InChI=1S/C12H20ClN3/c1-9(2)6-4-5-7-14-12-10(3)11(13)15-8-16-12/h8-9H,4-7H2,1-3H3,(H,14,15,16). The van der Waals surface area contributed by atoms with Crippen LogP contribution >= 0.6 is 11.6 Å². The topological polar surface area (TPSA) is 37.8 Å². The van der Waals surface area contributed by atoms with Gasteiger partial charge in [0.05, 0.1) is 0 Å². The van der Waals surface area contributed by atoms with Gasteiger partial charge in [-0.05, 0) is 19.3 Å². The van der Waals surface area contributed by atoms with Crippen molar-refractivity contribution in [2.24, 2.45) is 5.92 Å². The highest BCUT2D eigenvalue weighted by Crippen LogP contribution is 2.17. The maximum absolute atomic E-state index is 5.90. The Balaban J connectivity index is 2.29. The van der Waals surface area contributed by atoms with E-state index in [9.17, 15) is 0 Å². The van der Waals surface area contributed by atoms with Crippen molar-refractivity contribution in [2.75, 3.05) is 11.9 Å². The number of hydrogen-bond donors (Lipinski definition) is 1. The summed E-state index contributed by atoms with van der Waals surface area (Å²) in [4.78, 5) is 8.09. The second-order valence-electron chi connectivity index (χ2n) is 4.45. The van der Waals surface area contributed by atoms with E-state index in [2.05, 4.69) is 29.1 Å². The van der Waals surface area contributed by atoms with E-state index in [1.165, 1.54) is 25.6 Å². The minimum atomic E-state index is 0.527. The summed E-state index contributed by atoms with van der Waals surface area (Å²) >= 11 is 5.90. The molecule has 0 spiro atoms. The van der Waals surface area contributed by atoms with Crippen LogP contribution in [0.1, 0.15) is 38.7 Å². The zero-order chi connectivity index (χ0) is 12.0. The Morgan fingerprint density at radius 1 is 1.31 bits per heavy atom. The Labute approximate surface area is 103 Å². The van der Waals surface area contributed by atoms with E-state index < -0.39 is 0 Å². The summed E-state index contributed by atoms with van der Waals surface area (Å²) in [6, 6.07) is 0. The molecule has 0 atom stereocenters. The third-order valence-electron chi connectivity index (χ3n) is 2.52. The molecule has 1 heterocycles. The van der Waals surface area contributed by atoms with Crippen LogP contribution in [0.25, 0.3) is 0 Å². The van der Waals surface area contributed by atoms with Gasteiger partial charge in [-0.25, -0.2) is 9.97 Å². The van der Waals surface area contributed by atoms with Gasteiger partial charge in [-0.3, -0.25) is 0 Å². The minimum absolute atomic E-state index is 0.527. The van der Waals surface area contributed by atoms with Crippen LogP contribution in [-0.4, -0.2) is 16.5 Å². The van der Waals surface area contributed by atoms with Gasteiger partial charge >= 0.3 is 0 Å². The summed E-state index contributed by atoms with van der Waals surface area (Å²) < 4.78 is 0. The SMILES string of the molecule is Cc1c(Cl)ncnc1NCCCCC(C)C. The Kier molecular flexibility index (Phi) is 5.53. The molecule has 90 valence electrons. The van der Waals surface area contributed by atoms with Crippen molar-refractivity contribution in [2.45, 2.75) is 40.0 Å². The molecule has 0 aliphatic heterocycles. The highest BCUT2D eigenvalue weighted by Gasteiger charge is 2.03. The highest BCUT2D eigenvalue weighted by molar-refractivity contribution is 6.30. The number of rotatable bonds is 6. The smallest absolute Gasteiger partial charge is 0.137 e. The Morgan fingerprint density at radius 2 is 2.06 bits per heavy atom. The molecule has 0 unspecified atom stereocenters. The molecule has 1 N–H and O–H groups in total. The fraction of sp³-hybridized carbons (Fsp3) is 0.667. The van der Waals surface area contributed by atoms with E-state index in [1.807, 2.05) is 6.92 Å². The summed E-state index contributed by atoms with van der Waals surface area (Å²) in [6.45, 7) is 7.38. The van der Waals surface area contributed by atoms with E-state index in [0.717, 1.165) is 23.8 Å². The molecule has 0 saturated carbocycles. The van der Waals surface area contributed by atoms with Crippen LogP contribution in [0.2, 0.25) is 5.15 Å². The Bertz CT molecular complexity index is 326. The first-order chi connectivity index (χ1) is 7.61. The molecule has 0 saturated heterocycles. The summed E-state index contributed by atoms with van der Waals surface area (Å²) in [6.07, 6.45) is 5.19. The van der Waals surface area contributed by atoms with Gasteiger partial charge in [-0.15, -0.1) is 0 Å². The molecule has 16 heavy (non-hydrogen) atoms. The summed E-state index contributed by atoms with van der Waals surface area (Å²) in [5.41, 5.74) is 0.924. The van der Waals surface area contributed by atoms with Crippen LogP contribution in [0.15, 0.2) is 6.33 Å². The molecule has 0 aliphatic rings. The van der Waals surface area contributed by atoms with Crippen LogP contribution < -0.4 is 5.32 Å². The predicted octanol–water partition coefficient (Wildman–Crippen LogP) is 3.68. The highest BCUT2D eigenvalue weighted by atomic mass is 35.5. The average molecular weight is 242 g/mol. The number of nitrogens with one attached hydrogen (secondary N) is 1. The lowest BCUT2D eigenvalue weighted by Gasteiger charge is -2.09. The molecule has 4 heteroatoms. The third kappa shape index (κ3) is 4.35. The molecule has 0 amide bonds. The molecule has 0 bridgehead atoms.